The number of hydrogen-bond donors (Lipinski definition) is 2. The molecule has 2 aromatic carbocycles. The van der Waals surface area contributed by atoms with Crippen LogP contribution in [0, 0.1) is 5.92 Å². The number of alkyl carbamates (subject to hydrolysis) is 1. The standard InChI is InChI=1S/C27H32N2O6/c1-16-9-8-14-29(24(16)26(31)32)25(30)23(17(2)34-3)28-27(33)35-15-22-20-12-6-4-10-18(20)19-11-5-7-13-21(19)22/h4-7,10-13,16-17,22-24H,8-9,14-15H2,1-3H3,(H,28,33)(H,31,32). The number of piperidine rings is 1. The van der Waals surface area contributed by atoms with Gasteiger partial charge in [-0.05, 0) is 47.9 Å². The van der Waals surface area contributed by atoms with Crippen molar-refractivity contribution in [1.29, 1.82) is 0 Å². The van der Waals surface area contributed by atoms with Crippen molar-refractivity contribution in [2.24, 2.45) is 5.92 Å². The Balaban J connectivity index is 1.47. The third-order valence-electron chi connectivity index (χ3n) is 7.19. The Morgan fingerprint density at radius 1 is 1.09 bits per heavy atom. The maximum Gasteiger partial charge on any atom is 0.407 e. The summed E-state index contributed by atoms with van der Waals surface area (Å²) < 4.78 is 11.0. The summed E-state index contributed by atoms with van der Waals surface area (Å²) in [6, 6.07) is 14.1. The van der Waals surface area contributed by atoms with Gasteiger partial charge in [-0.1, -0.05) is 55.5 Å². The molecule has 4 rings (SSSR count). The van der Waals surface area contributed by atoms with Crippen LogP contribution >= 0.6 is 0 Å². The average molecular weight is 481 g/mol. The summed E-state index contributed by atoms with van der Waals surface area (Å²) in [6.07, 6.45) is 0.0153. The second kappa shape index (κ2) is 10.5. The molecule has 8 nitrogen and oxygen atoms in total. The number of carbonyl (C=O) groups excluding carboxylic acids is 2. The third kappa shape index (κ3) is 4.89. The minimum Gasteiger partial charge on any atom is -0.480 e. The summed E-state index contributed by atoms with van der Waals surface area (Å²) >= 11 is 0. The number of nitrogens with one attached hydrogen (secondary N) is 1. The minimum absolute atomic E-state index is 0.110. The number of nitrogens with zero attached hydrogens (tertiary/aromatic N) is 1. The largest absolute Gasteiger partial charge is 0.480 e. The van der Waals surface area contributed by atoms with Gasteiger partial charge in [-0.15, -0.1) is 0 Å². The van der Waals surface area contributed by atoms with E-state index >= 15 is 0 Å². The monoisotopic (exact) mass is 480 g/mol. The number of fused-ring (bicyclic) bond motifs is 3. The first-order valence-corrected chi connectivity index (χ1v) is 12.0. The summed E-state index contributed by atoms with van der Waals surface area (Å²) in [4.78, 5) is 39.5. The lowest BCUT2D eigenvalue weighted by molar-refractivity contribution is -0.156. The van der Waals surface area contributed by atoms with Crippen LogP contribution in [0.1, 0.15) is 43.7 Å². The van der Waals surface area contributed by atoms with Crippen LogP contribution in [0.25, 0.3) is 11.1 Å². The molecule has 35 heavy (non-hydrogen) atoms. The first-order chi connectivity index (χ1) is 16.8. The molecular weight excluding hydrogens is 448 g/mol. The van der Waals surface area contributed by atoms with Gasteiger partial charge in [0.05, 0.1) is 6.10 Å². The van der Waals surface area contributed by atoms with E-state index in [1.54, 1.807) is 6.92 Å². The second-order valence-electron chi connectivity index (χ2n) is 9.32. The predicted molar refractivity (Wildman–Crippen MR) is 130 cm³/mol. The van der Waals surface area contributed by atoms with Gasteiger partial charge < -0.3 is 24.8 Å². The van der Waals surface area contributed by atoms with Crippen LogP contribution in [0.5, 0.6) is 0 Å². The average Bonchev–Trinajstić information content (AvgIpc) is 3.18. The van der Waals surface area contributed by atoms with Gasteiger partial charge in [-0.2, -0.15) is 0 Å². The number of benzene rings is 2. The Bertz CT molecular complexity index is 1060. The highest BCUT2D eigenvalue weighted by Crippen LogP contribution is 2.44. The molecule has 0 radical (unpaired) electrons. The van der Waals surface area contributed by atoms with Crippen molar-refractivity contribution in [3.8, 4) is 11.1 Å². The number of likely N-dealkylation sites (tertiary alicyclic amines) is 1. The first-order valence-electron chi connectivity index (χ1n) is 12.0. The Labute approximate surface area is 205 Å². The number of ether oxygens (including phenoxy) is 2. The Hall–Kier alpha value is -3.39. The van der Waals surface area contributed by atoms with Gasteiger partial charge in [0.25, 0.3) is 0 Å². The van der Waals surface area contributed by atoms with Crippen LogP contribution in [0.3, 0.4) is 0 Å². The minimum atomic E-state index is -1.07. The van der Waals surface area contributed by atoms with E-state index in [0.29, 0.717) is 13.0 Å². The van der Waals surface area contributed by atoms with E-state index in [4.69, 9.17) is 9.47 Å². The molecule has 2 amide bonds. The molecule has 2 aromatic rings. The Morgan fingerprint density at radius 3 is 2.26 bits per heavy atom. The van der Waals surface area contributed by atoms with Crippen molar-refractivity contribution >= 4 is 18.0 Å². The van der Waals surface area contributed by atoms with Crippen molar-refractivity contribution in [3.63, 3.8) is 0 Å². The fourth-order valence-electron chi connectivity index (χ4n) is 5.27. The first kappa shape index (κ1) is 24.7. The van der Waals surface area contributed by atoms with E-state index in [1.807, 2.05) is 43.3 Å². The maximum absolute atomic E-state index is 13.4. The van der Waals surface area contributed by atoms with Gasteiger partial charge in [0, 0.05) is 19.6 Å². The summed E-state index contributed by atoms with van der Waals surface area (Å²) in [5, 5.41) is 12.4. The van der Waals surface area contributed by atoms with Crippen molar-refractivity contribution in [1.82, 2.24) is 10.2 Å². The normalized spacial score (nSPS) is 20.9. The number of methoxy groups -OCH3 is 1. The molecule has 4 atom stereocenters. The van der Waals surface area contributed by atoms with Gasteiger partial charge >= 0.3 is 12.1 Å². The van der Waals surface area contributed by atoms with Crippen LogP contribution in [-0.4, -0.2) is 66.4 Å². The number of carboxylic acid groups (broad SMARTS) is 1. The van der Waals surface area contributed by atoms with Crippen LogP contribution in [0.2, 0.25) is 0 Å². The molecule has 4 unspecified atom stereocenters. The molecule has 8 heteroatoms. The number of hydrogen-bond acceptors (Lipinski definition) is 5. The highest BCUT2D eigenvalue weighted by atomic mass is 16.5. The highest BCUT2D eigenvalue weighted by Gasteiger charge is 2.41. The van der Waals surface area contributed by atoms with Crippen LogP contribution in [-0.2, 0) is 19.1 Å². The summed E-state index contributed by atoms with van der Waals surface area (Å²) in [5.74, 6) is -1.82. The lowest BCUT2D eigenvalue weighted by Crippen LogP contribution is -2.60. The number of amides is 2. The molecule has 0 saturated carbocycles. The quantitative estimate of drug-likeness (QED) is 0.627. The van der Waals surface area contributed by atoms with E-state index in [1.165, 1.54) is 12.0 Å². The molecular formula is C27H32N2O6. The molecule has 1 heterocycles. The van der Waals surface area contributed by atoms with Gasteiger partial charge in [0.1, 0.15) is 18.7 Å². The molecule has 0 aromatic heterocycles. The number of carbonyl (C=O) groups is 3. The van der Waals surface area contributed by atoms with Crippen molar-refractivity contribution in [3.05, 3.63) is 59.7 Å². The van der Waals surface area contributed by atoms with E-state index in [2.05, 4.69) is 17.4 Å². The maximum atomic E-state index is 13.4. The third-order valence-corrected chi connectivity index (χ3v) is 7.19. The molecule has 1 aliphatic heterocycles. The Kier molecular flexibility index (Phi) is 7.40. The van der Waals surface area contributed by atoms with Crippen molar-refractivity contribution in [2.75, 3.05) is 20.3 Å². The molecule has 186 valence electrons. The smallest absolute Gasteiger partial charge is 0.407 e. The molecule has 1 fully saturated rings. The van der Waals surface area contributed by atoms with E-state index in [0.717, 1.165) is 28.7 Å². The molecule has 0 bridgehead atoms. The van der Waals surface area contributed by atoms with Gasteiger partial charge in [-0.25, -0.2) is 9.59 Å². The zero-order valence-electron chi connectivity index (χ0n) is 20.3. The number of carboxylic acids is 1. The SMILES string of the molecule is COC(C)C(NC(=O)OCC1c2ccccc2-c2ccccc21)C(=O)N1CCCC(C)C1C(=O)O. The lowest BCUT2D eigenvalue weighted by atomic mass is 9.90. The van der Waals surface area contributed by atoms with Gasteiger partial charge in [-0.3, -0.25) is 4.79 Å². The Morgan fingerprint density at radius 2 is 1.69 bits per heavy atom. The highest BCUT2D eigenvalue weighted by molar-refractivity contribution is 5.90. The topological polar surface area (TPSA) is 105 Å². The summed E-state index contributed by atoms with van der Waals surface area (Å²) in [6.45, 7) is 3.92. The van der Waals surface area contributed by atoms with Crippen LogP contribution in [0.15, 0.2) is 48.5 Å². The lowest BCUT2D eigenvalue weighted by Gasteiger charge is -2.39. The number of rotatable bonds is 7. The van der Waals surface area contributed by atoms with E-state index in [-0.39, 0.29) is 18.4 Å². The predicted octanol–water partition coefficient (Wildman–Crippen LogP) is 3.64. The molecule has 0 spiro atoms. The van der Waals surface area contributed by atoms with Gasteiger partial charge in [0.15, 0.2) is 0 Å². The van der Waals surface area contributed by atoms with Gasteiger partial charge in [0.2, 0.25) is 5.91 Å². The molecule has 1 aliphatic carbocycles. The van der Waals surface area contributed by atoms with Crippen molar-refractivity contribution in [2.45, 2.75) is 50.8 Å². The molecule has 2 N–H and O–H groups in total. The fourth-order valence-corrected chi connectivity index (χ4v) is 5.27. The number of aliphatic carboxylic acids is 1. The second-order valence-corrected chi connectivity index (χ2v) is 9.32. The fraction of sp³-hybridized carbons (Fsp3) is 0.444. The van der Waals surface area contributed by atoms with Crippen molar-refractivity contribution < 1.29 is 29.0 Å². The van der Waals surface area contributed by atoms with E-state index < -0.39 is 36.2 Å². The summed E-state index contributed by atoms with van der Waals surface area (Å²) in [7, 11) is 1.44. The molecule has 2 aliphatic rings. The zero-order chi connectivity index (χ0) is 25.1. The van der Waals surface area contributed by atoms with E-state index in [9.17, 15) is 19.5 Å². The van der Waals surface area contributed by atoms with Crippen LogP contribution < -0.4 is 5.32 Å². The molecule has 1 saturated heterocycles. The zero-order valence-corrected chi connectivity index (χ0v) is 20.3. The summed E-state index contributed by atoms with van der Waals surface area (Å²) in [5.41, 5.74) is 4.42. The van der Waals surface area contributed by atoms with Crippen LogP contribution in [0.4, 0.5) is 4.79 Å².